The first kappa shape index (κ1) is 27.0. The molecule has 2 aromatic rings. The zero-order chi connectivity index (χ0) is 22.8. The van der Waals surface area contributed by atoms with E-state index in [1.165, 1.54) is 0 Å². The van der Waals surface area contributed by atoms with E-state index in [0.717, 1.165) is 55.7 Å². The summed E-state index contributed by atoms with van der Waals surface area (Å²) in [6, 6.07) is 13.3. The minimum absolute atomic E-state index is 0. The van der Waals surface area contributed by atoms with Gasteiger partial charge in [-0.3, -0.25) is 4.90 Å². The van der Waals surface area contributed by atoms with E-state index in [9.17, 15) is 5.11 Å². The second-order valence-electron chi connectivity index (χ2n) is 7.52. The molecule has 1 saturated heterocycles. The van der Waals surface area contributed by atoms with Gasteiger partial charge in [0.05, 0.1) is 40.0 Å². The maximum Gasteiger partial charge on any atom is 0.191 e. The number of phenolic OH excluding ortho intramolecular Hbond substituents is 1. The largest absolute Gasteiger partial charge is 0.508 e. The molecule has 3 rings (SSSR count). The van der Waals surface area contributed by atoms with Crippen molar-refractivity contribution in [3.63, 3.8) is 0 Å². The molecule has 0 aromatic heterocycles. The molecule has 1 aliphatic heterocycles. The summed E-state index contributed by atoms with van der Waals surface area (Å²) in [5.41, 5.74) is 2.18. The first-order valence-corrected chi connectivity index (χ1v) is 11.0. The van der Waals surface area contributed by atoms with Gasteiger partial charge in [-0.2, -0.15) is 0 Å². The molecular formula is C24H35IN4O4. The number of hydrogen-bond acceptors (Lipinski definition) is 6. The standard InChI is InChI=1S/C24H34N4O4.HI/c1-4-25-24(26-16-18-5-8-20(29)9-6-18)27-17-21(28-11-13-32-14-12-28)19-7-10-22(30-2)23(15-19)31-3;/h5-10,15,21,29H,4,11-14,16-17H2,1-3H3,(H2,25,26,27);1H. The van der Waals surface area contributed by atoms with Crippen LogP contribution in [0.15, 0.2) is 47.5 Å². The van der Waals surface area contributed by atoms with Crippen molar-refractivity contribution in [1.82, 2.24) is 15.5 Å². The lowest BCUT2D eigenvalue weighted by molar-refractivity contribution is 0.0169. The van der Waals surface area contributed by atoms with Crippen LogP contribution in [0, 0.1) is 0 Å². The summed E-state index contributed by atoms with van der Waals surface area (Å²) in [4.78, 5) is 7.13. The number of nitrogens with one attached hydrogen (secondary N) is 2. The van der Waals surface area contributed by atoms with Crippen LogP contribution in [0.25, 0.3) is 0 Å². The number of ether oxygens (including phenoxy) is 3. The van der Waals surface area contributed by atoms with Crippen molar-refractivity contribution >= 4 is 29.9 Å². The molecule has 1 atom stereocenters. The number of hydrogen-bond donors (Lipinski definition) is 3. The highest BCUT2D eigenvalue weighted by atomic mass is 127. The van der Waals surface area contributed by atoms with Gasteiger partial charge in [0.1, 0.15) is 5.75 Å². The van der Waals surface area contributed by atoms with E-state index in [2.05, 4.69) is 21.6 Å². The molecule has 0 spiro atoms. The number of aromatic hydroxyl groups is 1. The van der Waals surface area contributed by atoms with Gasteiger partial charge in [0.25, 0.3) is 0 Å². The fourth-order valence-corrected chi connectivity index (χ4v) is 3.71. The molecule has 0 aliphatic carbocycles. The molecule has 1 aliphatic rings. The number of phenols is 1. The topological polar surface area (TPSA) is 87.6 Å². The monoisotopic (exact) mass is 570 g/mol. The Kier molecular flexibility index (Phi) is 11.6. The summed E-state index contributed by atoms with van der Waals surface area (Å²) in [5, 5.41) is 16.3. The van der Waals surface area contributed by atoms with Crippen LogP contribution in [0.2, 0.25) is 0 Å². The number of benzene rings is 2. The van der Waals surface area contributed by atoms with E-state index in [-0.39, 0.29) is 35.8 Å². The van der Waals surface area contributed by atoms with Gasteiger partial charge < -0.3 is 30.0 Å². The van der Waals surface area contributed by atoms with E-state index < -0.39 is 0 Å². The zero-order valence-corrected chi connectivity index (χ0v) is 21.9. The predicted octanol–water partition coefficient (Wildman–Crippen LogP) is 3.16. The number of guanidine groups is 1. The van der Waals surface area contributed by atoms with Crippen molar-refractivity contribution in [3.05, 3.63) is 53.6 Å². The number of aliphatic imine (C=N–C) groups is 1. The van der Waals surface area contributed by atoms with Crippen molar-refractivity contribution in [3.8, 4) is 17.2 Å². The molecule has 182 valence electrons. The van der Waals surface area contributed by atoms with Crippen LogP contribution in [0.4, 0.5) is 0 Å². The molecule has 2 aromatic carbocycles. The van der Waals surface area contributed by atoms with Gasteiger partial charge in [-0.15, -0.1) is 24.0 Å². The summed E-state index contributed by atoms with van der Waals surface area (Å²) in [6.07, 6.45) is 0. The number of methoxy groups -OCH3 is 2. The fraction of sp³-hybridized carbons (Fsp3) is 0.458. The number of nitrogens with zero attached hydrogens (tertiary/aromatic N) is 2. The molecule has 0 amide bonds. The third kappa shape index (κ3) is 7.94. The molecule has 3 N–H and O–H groups in total. The summed E-state index contributed by atoms with van der Waals surface area (Å²) in [5.74, 6) is 2.44. The van der Waals surface area contributed by atoms with Crippen LogP contribution in [-0.4, -0.2) is 69.6 Å². The average molecular weight is 570 g/mol. The molecule has 8 nitrogen and oxygen atoms in total. The lowest BCUT2D eigenvalue weighted by Crippen LogP contribution is -2.46. The molecule has 0 saturated carbocycles. The molecule has 9 heteroatoms. The Hall–Kier alpha value is -2.24. The van der Waals surface area contributed by atoms with E-state index in [4.69, 9.17) is 19.2 Å². The molecule has 1 unspecified atom stereocenters. The number of morpholine rings is 1. The molecule has 1 fully saturated rings. The van der Waals surface area contributed by atoms with Crippen LogP contribution in [-0.2, 0) is 11.3 Å². The zero-order valence-electron chi connectivity index (χ0n) is 19.5. The van der Waals surface area contributed by atoms with Crippen LogP contribution < -0.4 is 20.1 Å². The Labute approximate surface area is 213 Å². The van der Waals surface area contributed by atoms with Gasteiger partial charge >= 0.3 is 0 Å². The highest BCUT2D eigenvalue weighted by Crippen LogP contribution is 2.32. The Morgan fingerprint density at radius 2 is 1.76 bits per heavy atom. The highest BCUT2D eigenvalue weighted by Gasteiger charge is 2.24. The minimum Gasteiger partial charge on any atom is -0.508 e. The second-order valence-corrected chi connectivity index (χ2v) is 7.52. The highest BCUT2D eigenvalue weighted by molar-refractivity contribution is 14.0. The van der Waals surface area contributed by atoms with E-state index in [1.54, 1.807) is 26.4 Å². The van der Waals surface area contributed by atoms with Crippen molar-refractivity contribution in [2.45, 2.75) is 19.5 Å². The summed E-state index contributed by atoms with van der Waals surface area (Å²) in [7, 11) is 3.30. The molecule has 1 heterocycles. The van der Waals surface area contributed by atoms with Crippen LogP contribution in [0.3, 0.4) is 0 Å². The first-order chi connectivity index (χ1) is 15.6. The van der Waals surface area contributed by atoms with Crippen molar-refractivity contribution in [2.75, 3.05) is 53.6 Å². The van der Waals surface area contributed by atoms with Crippen LogP contribution >= 0.6 is 24.0 Å². The van der Waals surface area contributed by atoms with Gasteiger partial charge in [0, 0.05) is 26.2 Å². The molecular weight excluding hydrogens is 535 g/mol. The van der Waals surface area contributed by atoms with E-state index >= 15 is 0 Å². The Balaban J connectivity index is 0.00000385. The smallest absolute Gasteiger partial charge is 0.191 e. The van der Waals surface area contributed by atoms with Crippen molar-refractivity contribution in [2.24, 2.45) is 4.99 Å². The summed E-state index contributed by atoms with van der Waals surface area (Å²) >= 11 is 0. The third-order valence-electron chi connectivity index (χ3n) is 5.44. The van der Waals surface area contributed by atoms with Crippen LogP contribution in [0.1, 0.15) is 24.1 Å². The molecule has 0 radical (unpaired) electrons. The lowest BCUT2D eigenvalue weighted by atomic mass is 10.0. The average Bonchev–Trinajstić information content (AvgIpc) is 2.84. The van der Waals surface area contributed by atoms with Gasteiger partial charge in [0.2, 0.25) is 0 Å². The van der Waals surface area contributed by atoms with E-state index in [0.29, 0.717) is 18.8 Å². The second kappa shape index (κ2) is 14.1. The van der Waals surface area contributed by atoms with Crippen molar-refractivity contribution in [1.29, 1.82) is 0 Å². The third-order valence-corrected chi connectivity index (χ3v) is 5.44. The number of halogens is 1. The van der Waals surface area contributed by atoms with Gasteiger partial charge in [-0.1, -0.05) is 18.2 Å². The summed E-state index contributed by atoms with van der Waals surface area (Å²) in [6.45, 7) is 7.18. The Bertz CT molecular complexity index is 873. The quantitative estimate of drug-likeness (QED) is 0.243. The Morgan fingerprint density at radius 3 is 2.39 bits per heavy atom. The molecule has 33 heavy (non-hydrogen) atoms. The SMILES string of the molecule is CCNC(=NCc1ccc(O)cc1)NCC(c1ccc(OC)c(OC)c1)N1CCOCC1.I. The summed E-state index contributed by atoms with van der Waals surface area (Å²) < 4.78 is 16.5. The maximum atomic E-state index is 9.48. The Morgan fingerprint density at radius 1 is 1.06 bits per heavy atom. The van der Waals surface area contributed by atoms with Gasteiger partial charge in [-0.05, 0) is 42.3 Å². The lowest BCUT2D eigenvalue weighted by Gasteiger charge is -2.35. The maximum absolute atomic E-state index is 9.48. The first-order valence-electron chi connectivity index (χ1n) is 11.0. The molecule has 0 bridgehead atoms. The fourth-order valence-electron chi connectivity index (χ4n) is 3.71. The van der Waals surface area contributed by atoms with Crippen molar-refractivity contribution < 1.29 is 19.3 Å². The van der Waals surface area contributed by atoms with Gasteiger partial charge in [0.15, 0.2) is 17.5 Å². The van der Waals surface area contributed by atoms with E-state index in [1.807, 2.05) is 31.2 Å². The number of rotatable bonds is 9. The minimum atomic E-state index is 0. The predicted molar refractivity (Wildman–Crippen MR) is 141 cm³/mol. The van der Waals surface area contributed by atoms with Gasteiger partial charge in [-0.25, -0.2) is 4.99 Å². The normalized spacial score (nSPS) is 15.3. The van der Waals surface area contributed by atoms with Crippen LogP contribution in [0.5, 0.6) is 17.2 Å².